The second-order valence-electron chi connectivity index (χ2n) is 5.23. The van der Waals surface area contributed by atoms with Crippen LogP contribution in [0.25, 0.3) is 0 Å². The van der Waals surface area contributed by atoms with Crippen LogP contribution < -0.4 is 5.32 Å². The van der Waals surface area contributed by atoms with Crippen LogP contribution in [0.3, 0.4) is 0 Å². The van der Waals surface area contributed by atoms with Gasteiger partial charge in [0.1, 0.15) is 17.9 Å². The van der Waals surface area contributed by atoms with E-state index in [9.17, 15) is 14.0 Å². The lowest BCUT2D eigenvalue weighted by Crippen LogP contribution is -2.61. The fourth-order valence-corrected chi connectivity index (χ4v) is 2.90. The first-order chi connectivity index (χ1) is 9.93. The van der Waals surface area contributed by atoms with Crippen LogP contribution in [0.4, 0.5) is 4.39 Å². The number of nitrogens with zero attached hydrogens (tertiary/aromatic N) is 1. The number of piperazine rings is 1. The summed E-state index contributed by atoms with van der Waals surface area (Å²) in [5, 5.41) is 2.75. The van der Waals surface area contributed by atoms with Crippen molar-refractivity contribution in [1.82, 2.24) is 10.2 Å². The van der Waals surface area contributed by atoms with Gasteiger partial charge in [0.2, 0.25) is 11.8 Å². The van der Waals surface area contributed by atoms with E-state index in [0.29, 0.717) is 10.9 Å². The molecule has 0 radical (unpaired) electrons. The summed E-state index contributed by atoms with van der Waals surface area (Å²) in [4.78, 5) is 26.0. The van der Waals surface area contributed by atoms with Crippen molar-refractivity contribution in [2.45, 2.75) is 45.3 Å². The number of carbonyl (C=O) groups excluding carboxylic acids is 2. The normalized spacial score (nSPS) is 22.4. The van der Waals surface area contributed by atoms with Crippen molar-refractivity contribution in [2.75, 3.05) is 0 Å². The van der Waals surface area contributed by atoms with Gasteiger partial charge in [0.25, 0.3) is 0 Å². The minimum Gasteiger partial charge on any atom is -0.343 e. The first-order valence-electron chi connectivity index (χ1n) is 6.98. The standard InChI is InChI=1S/C15H18BrFN2O2/c1-3-4-13-15(21)19(9(2)14(20)18-13)8-10-5-6-11(17)7-12(10)16/h5-7,9,13H,3-4,8H2,1-2H3,(H,18,20). The molecule has 4 nitrogen and oxygen atoms in total. The van der Waals surface area contributed by atoms with E-state index in [1.54, 1.807) is 17.9 Å². The molecule has 1 heterocycles. The first-order valence-corrected chi connectivity index (χ1v) is 7.78. The lowest BCUT2D eigenvalue weighted by molar-refractivity contribution is -0.149. The quantitative estimate of drug-likeness (QED) is 0.901. The van der Waals surface area contributed by atoms with Crippen LogP contribution in [-0.2, 0) is 16.1 Å². The van der Waals surface area contributed by atoms with Crippen LogP contribution in [-0.4, -0.2) is 28.8 Å². The summed E-state index contributed by atoms with van der Waals surface area (Å²) in [6, 6.07) is 3.35. The summed E-state index contributed by atoms with van der Waals surface area (Å²) < 4.78 is 13.7. The molecule has 0 saturated carbocycles. The summed E-state index contributed by atoms with van der Waals surface area (Å²) in [6.45, 7) is 3.96. The lowest BCUT2D eigenvalue weighted by atomic mass is 10.0. The van der Waals surface area contributed by atoms with Gasteiger partial charge in [-0.3, -0.25) is 9.59 Å². The molecular weight excluding hydrogens is 339 g/mol. The molecule has 21 heavy (non-hydrogen) atoms. The smallest absolute Gasteiger partial charge is 0.246 e. The van der Waals surface area contributed by atoms with Gasteiger partial charge in [0.15, 0.2) is 0 Å². The van der Waals surface area contributed by atoms with E-state index < -0.39 is 12.1 Å². The molecule has 2 atom stereocenters. The number of rotatable bonds is 4. The van der Waals surface area contributed by atoms with E-state index in [4.69, 9.17) is 0 Å². The Hall–Kier alpha value is -1.43. The molecule has 1 fully saturated rings. The maximum absolute atomic E-state index is 13.1. The zero-order valence-electron chi connectivity index (χ0n) is 12.0. The second kappa shape index (κ2) is 6.56. The summed E-state index contributed by atoms with van der Waals surface area (Å²) >= 11 is 3.30. The van der Waals surface area contributed by atoms with Crippen molar-refractivity contribution in [2.24, 2.45) is 0 Å². The third-order valence-electron chi connectivity index (χ3n) is 3.68. The molecule has 1 saturated heterocycles. The molecule has 1 aliphatic heterocycles. The van der Waals surface area contributed by atoms with Gasteiger partial charge in [0.05, 0.1) is 0 Å². The highest BCUT2D eigenvalue weighted by atomic mass is 79.9. The van der Waals surface area contributed by atoms with Gasteiger partial charge in [-0.15, -0.1) is 0 Å². The van der Waals surface area contributed by atoms with Crippen LogP contribution in [0.5, 0.6) is 0 Å². The number of hydrogen-bond acceptors (Lipinski definition) is 2. The zero-order valence-corrected chi connectivity index (χ0v) is 13.6. The maximum Gasteiger partial charge on any atom is 0.246 e. The highest BCUT2D eigenvalue weighted by Crippen LogP contribution is 2.23. The van der Waals surface area contributed by atoms with Gasteiger partial charge in [-0.05, 0) is 31.0 Å². The molecule has 2 amide bonds. The minimum absolute atomic E-state index is 0.0832. The van der Waals surface area contributed by atoms with Gasteiger partial charge < -0.3 is 10.2 Å². The fraction of sp³-hybridized carbons (Fsp3) is 0.467. The average molecular weight is 357 g/mol. The second-order valence-corrected chi connectivity index (χ2v) is 6.08. The highest BCUT2D eigenvalue weighted by Gasteiger charge is 2.37. The Balaban J connectivity index is 2.22. The molecule has 0 aromatic heterocycles. The lowest BCUT2D eigenvalue weighted by Gasteiger charge is -2.37. The van der Waals surface area contributed by atoms with E-state index >= 15 is 0 Å². The van der Waals surface area contributed by atoms with E-state index in [0.717, 1.165) is 12.0 Å². The van der Waals surface area contributed by atoms with E-state index in [-0.39, 0.29) is 24.2 Å². The predicted molar refractivity (Wildman–Crippen MR) is 81.0 cm³/mol. The third kappa shape index (κ3) is 3.43. The van der Waals surface area contributed by atoms with Crippen molar-refractivity contribution in [3.63, 3.8) is 0 Å². The Morgan fingerprint density at radius 3 is 2.71 bits per heavy atom. The number of carbonyl (C=O) groups is 2. The Kier molecular flexibility index (Phi) is 4.98. The number of amides is 2. The molecule has 1 aromatic carbocycles. The van der Waals surface area contributed by atoms with Crippen LogP contribution >= 0.6 is 15.9 Å². The van der Waals surface area contributed by atoms with Crippen LogP contribution in [0.15, 0.2) is 22.7 Å². The van der Waals surface area contributed by atoms with Gasteiger partial charge in [-0.25, -0.2) is 4.39 Å². The first kappa shape index (κ1) is 15.9. The number of benzene rings is 1. The van der Waals surface area contributed by atoms with Crippen LogP contribution in [0.2, 0.25) is 0 Å². The monoisotopic (exact) mass is 356 g/mol. The Morgan fingerprint density at radius 2 is 2.10 bits per heavy atom. The SMILES string of the molecule is CCCC1NC(=O)C(C)N(Cc2ccc(F)cc2Br)C1=O. The maximum atomic E-state index is 13.1. The Bertz CT molecular complexity index is 565. The predicted octanol–water partition coefficient (Wildman–Crippen LogP) is 2.60. The zero-order chi connectivity index (χ0) is 15.6. The molecule has 0 aliphatic carbocycles. The van der Waals surface area contributed by atoms with Gasteiger partial charge >= 0.3 is 0 Å². The highest BCUT2D eigenvalue weighted by molar-refractivity contribution is 9.10. The average Bonchev–Trinajstić information content (AvgIpc) is 2.43. The molecule has 0 spiro atoms. The summed E-state index contributed by atoms with van der Waals surface area (Å²) in [6.07, 6.45) is 1.44. The number of hydrogen-bond donors (Lipinski definition) is 1. The minimum atomic E-state index is -0.525. The van der Waals surface area contributed by atoms with E-state index in [1.807, 2.05) is 6.92 Å². The summed E-state index contributed by atoms with van der Waals surface area (Å²) in [5.74, 6) is -0.572. The van der Waals surface area contributed by atoms with Crippen molar-refractivity contribution in [3.8, 4) is 0 Å². The molecule has 0 bridgehead atoms. The fourth-order valence-electron chi connectivity index (χ4n) is 2.42. The molecule has 1 N–H and O–H groups in total. The van der Waals surface area contributed by atoms with Crippen LogP contribution in [0, 0.1) is 5.82 Å². The van der Waals surface area contributed by atoms with Gasteiger partial charge in [-0.2, -0.15) is 0 Å². The molecule has 114 valence electrons. The molecule has 1 aromatic rings. The summed E-state index contributed by atoms with van der Waals surface area (Å²) in [7, 11) is 0. The topological polar surface area (TPSA) is 49.4 Å². The summed E-state index contributed by atoms with van der Waals surface area (Å²) in [5.41, 5.74) is 0.779. The van der Waals surface area contributed by atoms with Crippen LogP contribution in [0.1, 0.15) is 32.3 Å². The van der Waals surface area contributed by atoms with Gasteiger partial charge in [0, 0.05) is 11.0 Å². The molecule has 2 unspecified atom stereocenters. The molecule has 6 heteroatoms. The third-order valence-corrected chi connectivity index (χ3v) is 4.42. The van der Waals surface area contributed by atoms with Crippen molar-refractivity contribution in [3.05, 3.63) is 34.1 Å². The molecule has 2 rings (SSSR count). The molecular formula is C15H18BrFN2O2. The van der Waals surface area contributed by atoms with E-state index in [1.165, 1.54) is 12.1 Å². The van der Waals surface area contributed by atoms with Crippen molar-refractivity contribution >= 4 is 27.7 Å². The number of halogens is 2. The Labute approximate surface area is 131 Å². The largest absolute Gasteiger partial charge is 0.343 e. The number of nitrogens with one attached hydrogen (secondary N) is 1. The Morgan fingerprint density at radius 1 is 1.38 bits per heavy atom. The molecule has 1 aliphatic rings. The van der Waals surface area contributed by atoms with E-state index in [2.05, 4.69) is 21.2 Å². The van der Waals surface area contributed by atoms with Gasteiger partial charge in [-0.1, -0.05) is 35.3 Å². The van der Waals surface area contributed by atoms with Crippen molar-refractivity contribution in [1.29, 1.82) is 0 Å². The van der Waals surface area contributed by atoms with Crippen molar-refractivity contribution < 1.29 is 14.0 Å².